The van der Waals surface area contributed by atoms with E-state index in [4.69, 9.17) is 0 Å². The summed E-state index contributed by atoms with van der Waals surface area (Å²) in [6.45, 7) is 0. The van der Waals surface area contributed by atoms with E-state index in [9.17, 15) is 4.79 Å². The number of carbonyl (C=O) groups is 1. The monoisotopic (exact) mass is 206 g/mol. The molecule has 0 atom stereocenters. The summed E-state index contributed by atoms with van der Waals surface area (Å²) in [5, 5.41) is 11.3. The Hall–Kier alpha value is -2.05. The molecule has 0 bridgehead atoms. The first-order valence-corrected chi connectivity index (χ1v) is 4.39. The molecule has 7 heteroatoms. The van der Waals surface area contributed by atoms with Gasteiger partial charge in [0.1, 0.15) is 5.69 Å². The molecule has 2 rings (SSSR count). The van der Waals surface area contributed by atoms with E-state index >= 15 is 0 Å². The number of hydrogen-bond donors (Lipinski definition) is 0. The number of Topliss-reactive ketones (excluding diaryl/α,β-unsaturated/α-hetero) is 1. The molecule has 0 saturated heterocycles. The lowest BCUT2D eigenvalue weighted by Gasteiger charge is -1.97. The summed E-state index contributed by atoms with van der Waals surface area (Å²) in [6.07, 6.45) is 3.25. The van der Waals surface area contributed by atoms with Crippen LogP contribution in [-0.2, 0) is 20.5 Å². The zero-order valence-electron chi connectivity index (χ0n) is 8.45. The van der Waals surface area contributed by atoms with Crippen molar-refractivity contribution >= 4 is 5.78 Å². The molecule has 0 aromatic carbocycles. The maximum Gasteiger partial charge on any atom is 0.188 e. The van der Waals surface area contributed by atoms with Gasteiger partial charge < -0.3 is 4.57 Å². The molecule has 0 fully saturated rings. The molecule has 0 aliphatic carbocycles. The first kappa shape index (κ1) is 9.50. The van der Waals surface area contributed by atoms with Crippen LogP contribution in [0.4, 0.5) is 0 Å². The predicted octanol–water partition coefficient (Wildman–Crippen LogP) is -0.631. The molecule has 0 amide bonds. The van der Waals surface area contributed by atoms with Gasteiger partial charge >= 0.3 is 0 Å². The summed E-state index contributed by atoms with van der Waals surface area (Å²) in [5.41, 5.74) is 0.544. The third-order valence-corrected chi connectivity index (χ3v) is 1.97. The van der Waals surface area contributed by atoms with Crippen LogP contribution in [0.1, 0.15) is 16.3 Å². The van der Waals surface area contributed by atoms with Crippen LogP contribution in [0.15, 0.2) is 12.5 Å². The van der Waals surface area contributed by atoms with Gasteiger partial charge in [0.25, 0.3) is 0 Å². The Morgan fingerprint density at radius 2 is 2.27 bits per heavy atom. The van der Waals surface area contributed by atoms with Crippen molar-refractivity contribution in [2.45, 2.75) is 6.42 Å². The van der Waals surface area contributed by atoms with E-state index in [1.807, 2.05) is 0 Å². The Kier molecular flexibility index (Phi) is 2.28. The van der Waals surface area contributed by atoms with Crippen molar-refractivity contribution in [2.75, 3.05) is 0 Å². The maximum atomic E-state index is 11.7. The molecule has 7 nitrogen and oxygen atoms in total. The topological polar surface area (TPSA) is 78.5 Å². The molecule has 2 heterocycles. The summed E-state index contributed by atoms with van der Waals surface area (Å²) < 4.78 is 1.67. The highest BCUT2D eigenvalue weighted by Crippen LogP contribution is 2.01. The second-order valence-electron chi connectivity index (χ2n) is 3.18. The zero-order valence-corrected chi connectivity index (χ0v) is 8.45. The van der Waals surface area contributed by atoms with Crippen LogP contribution in [0.2, 0.25) is 0 Å². The lowest BCUT2D eigenvalue weighted by atomic mass is 10.2. The first-order valence-electron chi connectivity index (χ1n) is 4.39. The third kappa shape index (κ3) is 1.90. The zero-order chi connectivity index (χ0) is 10.8. The quantitative estimate of drug-likeness (QED) is 0.625. The van der Waals surface area contributed by atoms with Gasteiger partial charge in [-0.3, -0.25) is 4.79 Å². The van der Waals surface area contributed by atoms with Crippen LogP contribution in [0.5, 0.6) is 0 Å². The Morgan fingerprint density at radius 1 is 1.47 bits per heavy atom. The number of rotatable bonds is 3. The molecule has 0 N–H and O–H groups in total. The van der Waals surface area contributed by atoms with E-state index in [0.717, 1.165) is 0 Å². The predicted molar refractivity (Wildman–Crippen MR) is 50.0 cm³/mol. The fourth-order valence-corrected chi connectivity index (χ4v) is 1.25. The molecule has 0 saturated carbocycles. The van der Waals surface area contributed by atoms with E-state index in [1.165, 1.54) is 11.0 Å². The van der Waals surface area contributed by atoms with Gasteiger partial charge in [-0.05, 0) is 5.21 Å². The lowest BCUT2D eigenvalue weighted by molar-refractivity contribution is 0.0983. The number of tetrazole rings is 1. The Labute approximate surface area is 85.7 Å². The average Bonchev–Trinajstić information content (AvgIpc) is 2.75. The third-order valence-electron chi connectivity index (χ3n) is 1.97. The summed E-state index contributed by atoms with van der Waals surface area (Å²) in [5.74, 6) is 0.353. The smallest absolute Gasteiger partial charge is 0.188 e. The van der Waals surface area contributed by atoms with Gasteiger partial charge in [-0.25, -0.2) is 4.98 Å². The minimum absolute atomic E-state index is 0.0667. The Balaban J connectivity index is 2.14. The number of aromatic nitrogens is 6. The SMILES string of the molecule is Cn1nnc(CC(=O)c2cncn2C)n1. The normalized spacial score (nSPS) is 10.5. The molecule has 78 valence electrons. The van der Waals surface area contributed by atoms with Crippen molar-refractivity contribution < 1.29 is 4.79 Å². The summed E-state index contributed by atoms with van der Waals surface area (Å²) >= 11 is 0. The van der Waals surface area contributed by atoms with E-state index in [1.54, 1.807) is 25.0 Å². The van der Waals surface area contributed by atoms with Gasteiger partial charge in [0.15, 0.2) is 11.6 Å². The Morgan fingerprint density at radius 3 is 2.80 bits per heavy atom. The van der Waals surface area contributed by atoms with E-state index in [0.29, 0.717) is 11.5 Å². The van der Waals surface area contributed by atoms with Crippen LogP contribution < -0.4 is 0 Å². The van der Waals surface area contributed by atoms with E-state index in [2.05, 4.69) is 20.4 Å². The molecule has 15 heavy (non-hydrogen) atoms. The van der Waals surface area contributed by atoms with Crippen LogP contribution in [0.3, 0.4) is 0 Å². The van der Waals surface area contributed by atoms with Crippen LogP contribution in [-0.4, -0.2) is 35.5 Å². The van der Waals surface area contributed by atoms with E-state index in [-0.39, 0.29) is 12.2 Å². The van der Waals surface area contributed by atoms with Crippen molar-refractivity contribution in [2.24, 2.45) is 14.1 Å². The maximum absolute atomic E-state index is 11.7. The fraction of sp³-hybridized carbons (Fsp3) is 0.375. The molecular weight excluding hydrogens is 196 g/mol. The second kappa shape index (κ2) is 3.60. The summed E-state index contributed by atoms with van der Waals surface area (Å²) in [6, 6.07) is 0. The van der Waals surface area contributed by atoms with Gasteiger partial charge in [-0.2, -0.15) is 4.80 Å². The van der Waals surface area contributed by atoms with Crippen LogP contribution >= 0.6 is 0 Å². The second-order valence-corrected chi connectivity index (χ2v) is 3.18. The molecule has 0 unspecified atom stereocenters. The van der Waals surface area contributed by atoms with Gasteiger partial charge in [0, 0.05) is 7.05 Å². The largest absolute Gasteiger partial charge is 0.331 e. The van der Waals surface area contributed by atoms with Crippen molar-refractivity contribution in [1.29, 1.82) is 0 Å². The Bertz CT molecular complexity index is 485. The number of hydrogen-bond acceptors (Lipinski definition) is 5. The minimum atomic E-state index is -0.0667. The standard InChI is InChI=1S/C8H10N6O/c1-13-5-9-4-6(13)7(15)3-8-10-12-14(2)11-8/h4-5H,3H2,1-2H3. The van der Waals surface area contributed by atoms with Gasteiger partial charge in [0.05, 0.1) is 26.0 Å². The lowest BCUT2D eigenvalue weighted by Crippen LogP contribution is -2.09. The highest BCUT2D eigenvalue weighted by molar-refractivity contribution is 5.95. The molecule has 0 spiro atoms. The van der Waals surface area contributed by atoms with Crippen molar-refractivity contribution in [1.82, 2.24) is 29.8 Å². The van der Waals surface area contributed by atoms with Gasteiger partial charge in [0.2, 0.25) is 0 Å². The fourth-order valence-electron chi connectivity index (χ4n) is 1.25. The molecule has 0 aliphatic rings. The summed E-state index contributed by atoms with van der Waals surface area (Å²) in [7, 11) is 3.43. The number of aryl methyl sites for hydroxylation is 2. The molecule has 0 aliphatic heterocycles. The number of ketones is 1. The van der Waals surface area contributed by atoms with Crippen molar-refractivity contribution in [3.8, 4) is 0 Å². The minimum Gasteiger partial charge on any atom is -0.331 e. The van der Waals surface area contributed by atoms with Gasteiger partial charge in [-0.15, -0.1) is 10.2 Å². The molecule has 0 radical (unpaired) electrons. The highest BCUT2D eigenvalue weighted by Gasteiger charge is 2.13. The highest BCUT2D eigenvalue weighted by atomic mass is 16.1. The van der Waals surface area contributed by atoms with Crippen LogP contribution in [0, 0.1) is 0 Å². The molecular formula is C8H10N6O. The van der Waals surface area contributed by atoms with E-state index < -0.39 is 0 Å². The number of nitrogens with zero attached hydrogens (tertiary/aromatic N) is 6. The first-order chi connectivity index (χ1) is 7.16. The summed E-state index contributed by atoms with van der Waals surface area (Å²) in [4.78, 5) is 16.9. The average molecular weight is 206 g/mol. The van der Waals surface area contributed by atoms with Gasteiger partial charge in [-0.1, -0.05) is 0 Å². The molecule has 2 aromatic rings. The molecule has 2 aromatic heterocycles. The van der Waals surface area contributed by atoms with Crippen LogP contribution in [0.25, 0.3) is 0 Å². The number of carbonyl (C=O) groups excluding carboxylic acids is 1. The van der Waals surface area contributed by atoms with Crippen molar-refractivity contribution in [3.63, 3.8) is 0 Å². The van der Waals surface area contributed by atoms with Crippen molar-refractivity contribution in [3.05, 3.63) is 24.0 Å². The number of imidazole rings is 1.